The van der Waals surface area contributed by atoms with E-state index in [1.54, 1.807) is 0 Å². The molecule has 0 saturated carbocycles. The number of methoxy groups -OCH3 is 1. The van der Waals surface area contributed by atoms with Crippen molar-refractivity contribution in [1.82, 2.24) is 4.57 Å². The lowest BCUT2D eigenvalue weighted by molar-refractivity contribution is 0.0600. The molecule has 1 N–H and O–H groups in total. The van der Waals surface area contributed by atoms with Gasteiger partial charge in [-0.3, -0.25) is 0 Å². The topological polar surface area (TPSA) is 43.3 Å². The summed E-state index contributed by atoms with van der Waals surface area (Å²) in [6, 6.07) is 18.6. The monoisotopic (exact) mass is 346 g/mol. The maximum absolute atomic E-state index is 12.3. The summed E-state index contributed by atoms with van der Waals surface area (Å²) in [5.74, 6) is -0.312. The summed E-state index contributed by atoms with van der Waals surface area (Å²) in [4.78, 5) is 12.3. The second-order valence-electron chi connectivity index (χ2n) is 6.99. The third-order valence-electron chi connectivity index (χ3n) is 5.32. The first-order valence-electron chi connectivity index (χ1n) is 8.71. The number of benzene rings is 2. The second-order valence-corrected chi connectivity index (χ2v) is 6.99. The van der Waals surface area contributed by atoms with E-state index in [0.717, 1.165) is 28.3 Å². The molecule has 1 aliphatic heterocycles. The zero-order valence-corrected chi connectivity index (χ0v) is 15.5. The summed E-state index contributed by atoms with van der Waals surface area (Å²) in [5, 5.41) is 3.69. The SMILES string of the molecule is COC(=O)c1cc2n(c1C)-c1ccccc1NC2(C)c1ccc(C)cc1. The summed E-state index contributed by atoms with van der Waals surface area (Å²) >= 11 is 0. The van der Waals surface area contributed by atoms with Gasteiger partial charge in [0.05, 0.1) is 29.7 Å². The van der Waals surface area contributed by atoms with E-state index in [0.29, 0.717) is 5.56 Å². The Hall–Kier alpha value is -3.01. The molecule has 1 unspecified atom stereocenters. The lowest BCUT2D eigenvalue weighted by Gasteiger charge is -2.39. The molecule has 1 aliphatic rings. The van der Waals surface area contributed by atoms with E-state index in [-0.39, 0.29) is 5.97 Å². The van der Waals surface area contributed by atoms with Crippen LogP contribution in [0, 0.1) is 13.8 Å². The van der Waals surface area contributed by atoms with Gasteiger partial charge in [0.1, 0.15) is 5.54 Å². The highest BCUT2D eigenvalue weighted by Crippen LogP contribution is 2.43. The molecule has 0 aliphatic carbocycles. The van der Waals surface area contributed by atoms with Crippen LogP contribution in [0.2, 0.25) is 0 Å². The predicted octanol–water partition coefficient (Wildman–Crippen LogP) is 4.57. The highest BCUT2D eigenvalue weighted by Gasteiger charge is 2.39. The molecule has 0 amide bonds. The Labute approximate surface area is 153 Å². The van der Waals surface area contributed by atoms with Gasteiger partial charge in [-0.25, -0.2) is 4.79 Å². The van der Waals surface area contributed by atoms with Crippen LogP contribution in [0.3, 0.4) is 0 Å². The van der Waals surface area contributed by atoms with Crippen molar-refractivity contribution in [3.63, 3.8) is 0 Å². The number of rotatable bonds is 2. The minimum Gasteiger partial charge on any atom is -0.465 e. The number of nitrogens with one attached hydrogen (secondary N) is 1. The summed E-state index contributed by atoms with van der Waals surface area (Å²) in [6.07, 6.45) is 0. The molecule has 2 aromatic carbocycles. The van der Waals surface area contributed by atoms with Crippen LogP contribution >= 0.6 is 0 Å². The third kappa shape index (κ3) is 2.25. The molecule has 132 valence electrons. The van der Waals surface area contributed by atoms with Gasteiger partial charge < -0.3 is 14.6 Å². The van der Waals surface area contributed by atoms with E-state index in [4.69, 9.17) is 4.74 Å². The zero-order chi connectivity index (χ0) is 18.5. The van der Waals surface area contributed by atoms with Crippen LogP contribution in [0.5, 0.6) is 0 Å². The molecule has 2 heterocycles. The van der Waals surface area contributed by atoms with Gasteiger partial charge in [0.2, 0.25) is 0 Å². The fourth-order valence-electron chi connectivity index (χ4n) is 3.82. The lowest BCUT2D eigenvalue weighted by Crippen LogP contribution is -2.39. The number of ether oxygens (including phenoxy) is 1. The van der Waals surface area contributed by atoms with E-state index in [2.05, 4.69) is 60.1 Å². The molecule has 0 spiro atoms. The van der Waals surface area contributed by atoms with Gasteiger partial charge in [-0.1, -0.05) is 42.0 Å². The molecule has 0 radical (unpaired) electrons. The smallest absolute Gasteiger partial charge is 0.339 e. The van der Waals surface area contributed by atoms with Crippen molar-refractivity contribution < 1.29 is 9.53 Å². The number of carbonyl (C=O) groups is 1. The first-order chi connectivity index (χ1) is 12.5. The second kappa shape index (κ2) is 5.77. The highest BCUT2D eigenvalue weighted by molar-refractivity contribution is 5.92. The summed E-state index contributed by atoms with van der Waals surface area (Å²) < 4.78 is 7.16. The molecule has 1 aromatic heterocycles. The van der Waals surface area contributed by atoms with E-state index in [1.807, 2.05) is 25.1 Å². The van der Waals surface area contributed by atoms with Crippen LogP contribution < -0.4 is 5.32 Å². The minimum absolute atomic E-state index is 0.312. The highest BCUT2D eigenvalue weighted by atomic mass is 16.5. The fourth-order valence-corrected chi connectivity index (χ4v) is 3.82. The molecule has 0 fully saturated rings. The van der Waals surface area contributed by atoms with E-state index >= 15 is 0 Å². The van der Waals surface area contributed by atoms with Gasteiger partial charge in [0, 0.05) is 5.69 Å². The minimum atomic E-state index is -0.459. The quantitative estimate of drug-likeness (QED) is 0.691. The first-order valence-corrected chi connectivity index (χ1v) is 8.71. The van der Waals surface area contributed by atoms with Gasteiger partial charge >= 0.3 is 5.97 Å². The number of hydrogen-bond acceptors (Lipinski definition) is 3. The van der Waals surface area contributed by atoms with Crippen molar-refractivity contribution in [2.45, 2.75) is 26.3 Å². The number of aromatic nitrogens is 1. The lowest BCUT2D eigenvalue weighted by atomic mass is 9.85. The Morgan fingerprint density at radius 2 is 1.77 bits per heavy atom. The van der Waals surface area contributed by atoms with Crippen molar-refractivity contribution in [2.24, 2.45) is 0 Å². The largest absolute Gasteiger partial charge is 0.465 e. The Kier molecular flexibility index (Phi) is 3.65. The number of aryl methyl sites for hydroxylation is 1. The van der Waals surface area contributed by atoms with Crippen LogP contribution in [0.15, 0.2) is 54.6 Å². The van der Waals surface area contributed by atoms with Crippen molar-refractivity contribution in [1.29, 1.82) is 0 Å². The number of para-hydroxylation sites is 2. The van der Waals surface area contributed by atoms with Crippen molar-refractivity contribution >= 4 is 11.7 Å². The van der Waals surface area contributed by atoms with Crippen LogP contribution in [0.1, 0.15) is 39.8 Å². The summed E-state index contributed by atoms with van der Waals surface area (Å²) in [6.45, 7) is 6.20. The molecule has 0 bridgehead atoms. The standard InChI is InChI=1S/C22H22N2O2/c1-14-9-11-16(12-10-14)22(3)20-13-17(21(25)26-4)15(2)24(20)19-8-6-5-7-18(19)23-22/h5-13,23H,1-4H3. The van der Waals surface area contributed by atoms with Gasteiger partial charge in [0.25, 0.3) is 0 Å². The molecule has 0 saturated heterocycles. The number of carbonyl (C=O) groups excluding carboxylic acids is 1. The number of anilines is 1. The molecule has 4 rings (SSSR count). The molecule has 1 atom stereocenters. The molecule has 4 nitrogen and oxygen atoms in total. The maximum Gasteiger partial charge on any atom is 0.339 e. The summed E-state index contributed by atoms with van der Waals surface area (Å²) in [7, 11) is 1.42. The Bertz CT molecular complexity index is 1000. The van der Waals surface area contributed by atoms with Gasteiger partial charge in [-0.15, -0.1) is 0 Å². The number of fused-ring (bicyclic) bond motifs is 3. The van der Waals surface area contributed by atoms with Gasteiger partial charge in [-0.05, 0) is 44.5 Å². The van der Waals surface area contributed by atoms with Crippen LogP contribution in [0.4, 0.5) is 5.69 Å². The summed E-state index contributed by atoms with van der Waals surface area (Å²) in [5.41, 5.74) is 6.50. The Morgan fingerprint density at radius 1 is 1.08 bits per heavy atom. The van der Waals surface area contributed by atoms with Gasteiger partial charge in [0.15, 0.2) is 0 Å². The number of hydrogen-bond donors (Lipinski definition) is 1. The van der Waals surface area contributed by atoms with E-state index < -0.39 is 5.54 Å². The van der Waals surface area contributed by atoms with Crippen molar-refractivity contribution in [2.75, 3.05) is 12.4 Å². The average Bonchev–Trinajstić information content (AvgIpc) is 3.00. The predicted molar refractivity (Wildman–Crippen MR) is 103 cm³/mol. The normalized spacial score (nSPS) is 17.8. The molecule has 26 heavy (non-hydrogen) atoms. The Balaban J connectivity index is 2.01. The average molecular weight is 346 g/mol. The number of nitrogens with zero attached hydrogens (tertiary/aromatic N) is 1. The first kappa shape index (κ1) is 16.5. The molecule has 3 aromatic rings. The van der Waals surface area contributed by atoms with Crippen molar-refractivity contribution in [3.8, 4) is 5.69 Å². The van der Waals surface area contributed by atoms with E-state index in [9.17, 15) is 4.79 Å². The van der Waals surface area contributed by atoms with Gasteiger partial charge in [-0.2, -0.15) is 0 Å². The van der Waals surface area contributed by atoms with Crippen LogP contribution in [-0.2, 0) is 10.3 Å². The van der Waals surface area contributed by atoms with Crippen molar-refractivity contribution in [3.05, 3.63) is 82.7 Å². The zero-order valence-electron chi connectivity index (χ0n) is 15.5. The van der Waals surface area contributed by atoms with Crippen LogP contribution in [0.25, 0.3) is 5.69 Å². The molecular formula is C22H22N2O2. The maximum atomic E-state index is 12.3. The molecular weight excluding hydrogens is 324 g/mol. The fraction of sp³-hybridized carbons (Fsp3) is 0.227. The third-order valence-corrected chi connectivity index (χ3v) is 5.32. The van der Waals surface area contributed by atoms with E-state index in [1.165, 1.54) is 12.7 Å². The molecule has 4 heteroatoms. The van der Waals surface area contributed by atoms with Crippen LogP contribution in [-0.4, -0.2) is 17.6 Å². The number of esters is 1. The Morgan fingerprint density at radius 3 is 2.46 bits per heavy atom.